The highest BCUT2D eigenvalue weighted by Gasteiger charge is 2.12. The summed E-state index contributed by atoms with van der Waals surface area (Å²) in [5.41, 5.74) is 1.08. The van der Waals surface area contributed by atoms with Crippen molar-refractivity contribution in [1.82, 2.24) is 0 Å². The van der Waals surface area contributed by atoms with Crippen molar-refractivity contribution in [2.24, 2.45) is 0 Å². The molecule has 21 heavy (non-hydrogen) atoms. The van der Waals surface area contributed by atoms with Crippen molar-refractivity contribution in [2.45, 2.75) is 65.2 Å². The van der Waals surface area contributed by atoms with Gasteiger partial charge in [0.15, 0.2) is 0 Å². The molecule has 0 saturated heterocycles. The highest BCUT2D eigenvalue weighted by Crippen LogP contribution is 2.23. The molecule has 0 spiro atoms. The molecular formula is C19H26O2. The molecule has 1 aromatic carbocycles. The van der Waals surface area contributed by atoms with E-state index >= 15 is 0 Å². The van der Waals surface area contributed by atoms with E-state index < -0.39 is 0 Å². The van der Waals surface area contributed by atoms with Crippen LogP contribution in [0.3, 0.4) is 0 Å². The van der Waals surface area contributed by atoms with E-state index in [-0.39, 0.29) is 5.63 Å². The molecule has 2 heteroatoms. The minimum absolute atomic E-state index is 0.184. The lowest BCUT2D eigenvalue weighted by atomic mass is 9.97. The SMILES string of the molecule is CCCCCc1oc(=O)c2ccccc2c1CCCCC. The molecular weight excluding hydrogens is 260 g/mol. The van der Waals surface area contributed by atoms with E-state index in [1.807, 2.05) is 18.2 Å². The molecule has 0 amide bonds. The lowest BCUT2D eigenvalue weighted by molar-refractivity contribution is 0.449. The van der Waals surface area contributed by atoms with Gasteiger partial charge in [-0.2, -0.15) is 0 Å². The van der Waals surface area contributed by atoms with Crippen molar-refractivity contribution in [2.75, 3.05) is 0 Å². The Balaban J connectivity index is 2.39. The van der Waals surface area contributed by atoms with E-state index in [9.17, 15) is 4.79 Å². The van der Waals surface area contributed by atoms with E-state index in [1.165, 1.54) is 31.2 Å². The molecule has 0 unspecified atom stereocenters. The first-order valence-corrected chi connectivity index (χ1v) is 8.31. The molecule has 2 nitrogen and oxygen atoms in total. The Morgan fingerprint density at radius 3 is 2.14 bits per heavy atom. The largest absolute Gasteiger partial charge is 0.427 e. The first-order valence-electron chi connectivity index (χ1n) is 8.31. The Morgan fingerprint density at radius 1 is 0.857 bits per heavy atom. The lowest BCUT2D eigenvalue weighted by Crippen LogP contribution is -2.07. The molecule has 0 N–H and O–H groups in total. The van der Waals surface area contributed by atoms with E-state index in [0.717, 1.165) is 42.2 Å². The van der Waals surface area contributed by atoms with Gasteiger partial charge < -0.3 is 4.42 Å². The van der Waals surface area contributed by atoms with Crippen LogP contribution in [0.4, 0.5) is 0 Å². The maximum atomic E-state index is 12.1. The molecule has 0 bridgehead atoms. The third-order valence-corrected chi connectivity index (χ3v) is 4.06. The van der Waals surface area contributed by atoms with Crippen LogP contribution < -0.4 is 5.63 Å². The first-order chi connectivity index (χ1) is 10.3. The highest BCUT2D eigenvalue weighted by atomic mass is 16.4. The third kappa shape index (κ3) is 3.96. The smallest absolute Gasteiger partial charge is 0.343 e. The lowest BCUT2D eigenvalue weighted by Gasteiger charge is -2.11. The number of fused-ring (bicyclic) bond motifs is 1. The quantitative estimate of drug-likeness (QED) is 0.620. The minimum Gasteiger partial charge on any atom is -0.427 e. The highest BCUT2D eigenvalue weighted by molar-refractivity contribution is 5.84. The molecule has 114 valence electrons. The van der Waals surface area contributed by atoms with Gasteiger partial charge >= 0.3 is 5.63 Å². The summed E-state index contributed by atoms with van der Waals surface area (Å²) in [6.07, 6.45) is 8.96. The predicted octanol–water partition coefficient (Wildman–Crippen LogP) is 5.26. The van der Waals surface area contributed by atoms with Gasteiger partial charge in [-0.25, -0.2) is 4.79 Å². The van der Waals surface area contributed by atoms with E-state index in [2.05, 4.69) is 19.9 Å². The average Bonchev–Trinajstić information content (AvgIpc) is 2.50. The molecule has 0 aliphatic heterocycles. The Bertz CT molecular complexity index is 625. The number of hydrogen-bond acceptors (Lipinski definition) is 2. The Kier molecular flexibility index (Phi) is 6.04. The third-order valence-electron chi connectivity index (χ3n) is 4.06. The summed E-state index contributed by atoms with van der Waals surface area (Å²) in [4.78, 5) is 12.1. The van der Waals surface area contributed by atoms with Crippen LogP contribution in [-0.2, 0) is 12.8 Å². The van der Waals surface area contributed by atoms with Crippen LogP contribution in [0.25, 0.3) is 10.8 Å². The van der Waals surface area contributed by atoms with Gasteiger partial charge in [0.1, 0.15) is 5.76 Å². The molecule has 2 aromatic rings. The standard InChI is InChI=1S/C19H26O2/c1-3-5-7-12-16-15-11-9-10-13-17(15)19(20)21-18(16)14-8-6-4-2/h9-11,13H,3-8,12,14H2,1-2H3. The topological polar surface area (TPSA) is 30.2 Å². The van der Waals surface area contributed by atoms with Crippen LogP contribution in [0.1, 0.15) is 63.7 Å². The number of aryl methyl sites for hydroxylation is 2. The van der Waals surface area contributed by atoms with Gasteiger partial charge in [-0.3, -0.25) is 0 Å². The van der Waals surface area contributed by atoms with Gasteiger partial charge in [0.05, 0.1) is 5.39 Å². The Morgan fingerprint density at radius 2 is 1.48 bits per heavy atom. The Hall–Kier alpha value is -1.57. The zero-order valence-corrected chi connectivity index (χ0v) is 13.3. The van der Waals surface area contributed by atoms with Crippen LogP contribution in [-0.4, -0.2) is 0 Å². The second-order valence-corrected chi connectivity index (χ2v) is 5.75. The summed E-state index contributed by atoms with van der Waals surface area (Å²) >= 11 is 0. The normalized spacial score (nSPS) is 11.1. The number of unbranched alkanes of at least 4 members (excludes halogenated alkanes) is 4. The van der Waals surface area contributed by atoms with Crippen LogP contribution in [0.2, 0.25) is 0 Å². The van der Waals surface area contributed by atoms with Crippen LogP contribution in [0.15, 0.2) is 33.5 Å². The number of rotatable bonds is 8. The fourth-order valence-corrected chi connectivity index (χ4v) is 2.87. The second-order valence-electron chi connectivity index (χ2n) is 5.75. The van der Waals surface area contributed by atoms with Gasteiger partial charge in [-0.05, 0) is 36.3 Å². The monoisotopic (exact) mass is 286 g/mol. The average molecular weight is 286 g/mol. The predicted molar refractivity (Wildman–Crippen MR) is 88.9 cm³/mol. The first kappa shape index (κ1) is 15.8. The maximum Gasteiger partial charge on any atom is 0.343 e. The van der Waals surface area contributed by atoms with Crippen molar-refractivity contribution in [3.05, 3.63) is 46.0 Å². The van der Waals surface area contributed by atoms with E-state index in [0.29, 0.717) is 0 Å². The summed E-state index contributed by atoms with van der Waals surface area (Å²) in [6.45, 7) is 4.41. The van der Waals surface area contributed by atoms with Crippen molar-refractivity contribution >= 4 is 10.8 Å². The van der Waals surface area contributed by atoms with Crippen molar-refractivity contribution in [3.63, 3.8) is 0 Å². The van der Waals surface area contributed by atoms with Gasteiger partial charge in [0, 0.05) is 6.42 Å². The van der Waals surface area contributed by atoms with E-state index in [4.69, 9.17) is 4.42 Å². The molecule has 0 saturated carbocycles. The zero-order chi connectivity index (χ0) is 15.1. The van der Waals surface area contributed by atoms with Gasteiger partial charge in [0.25, 0.3) is 0 Å². The zero-order valence-electron chi connectivity index (χ0n) is 13.3. The maximum absolute atomic E-state index is 12.1. The molecule has 0 atom stereocenters. The second kappa shape index (κ2) is 8.02. The molecule has 0 aliphatic rings. The summed E-state index contributed by atoms with van der Waals surface area (Å²) < 4.78 is 5.64. The Labute approximate surface area is 127 Å². The summed E-state index contributed by atoms with van der Waals surface area (Å²) in [5.74, 6) is 0.920. The minimum atomic E-state index is -0.184. The molecule has 0 aliphatic carbocycles. The summed E-state index contributed by atoms with van der Waals surface area (Å²) in [5, 5.41) is 1.82. The number of hydrogen-bond donors (Lipinski definition) is 0. The molecule has 1 aromatic heterocycles. The van der Waals surface area contributed by atoms with Gasteiger partial charge in [-0.1, -0.05) is 57.7 Å². The van der Waals surface area contributed by atoms with Crippen molar-refractivity contribution in [3.8, 4) is 0 Å². The fourth-order valence-electron chi connectivity index (χ4n) is 2.87. The summed E-state index contributed by atoms with van der Waals surface area (Å²) in [7, 11) is 0. The molecule has 1 heterocycles. The summed E-state index contributed by atoms with van der Waals surface area (Å²) in [6, 6.07) is 7.86. The number of benzene rings is 1. The van der Waals surface area contributed by atoms with Crippen molar-refractivity contribution < 1.29 is 4.42 Å². The van der Waals surface area contributed by atoms with Crippen LogP contribution >= 0.6 is 0 Å². The van der Waals surface area contributed by atoms with Crippen LogP contribution in [0.5, 0.6) is 0 Å². The molecule has 2 rings (SSSR count). The van der Waals surface area contributed by atoms with Gasteiger partial charge in [0.2, 0.25) is 0 Å². The van der Waals surface area contributed by atoms with Crippen molar-refractivity contribution in [1.29, 1.82) is 0 Å². The van der Waals surface area contributed by atoms with E-state index in [1.54, 1.807) is 0 Å². The molecule has 0 fully saturated rings. The van der Waals surface area contributed by atoms with Crippen LogP contribution in [0, 0.1) is 0 Å². The van der Waals surface area contributed by atoms with Gasteiger partial charge in [-0.15, -0.1) is 0 Å². The fraction of sp³-hybridized carbons (Fsp3) is 0.526. The molecule has 0 radical (unpaired) electrons.